The summed E-state index contributed by atoms with van der Waals surface area (Å²) in [4.78, 5) is 23.0. The van der Waals surface area contributed by atoms with Crippen LogP contribution in [0.3, 0.4) is 0 Å². The van der Waals surface area contributed by atoms with E-state index in [-0.39, 0.29) is 5.91 Å². The topological polar surface area (TPSA) is 72.3 Å². The monoisotopic (exact) mass is 365 g/mol. The number of hydrogen-bond acceptors (Lipinski definition) is 5. The van der Waals surface area contributed by atoms with Crippen molar-refractivity contribution in [3.05, 3.63) is 54.5 Å². The summed E-state index contributed by atoms with van der Waals surface area (Å²) in [5.74, 6) is 0.509. The van der Waals surface area contributed by atoms with E-state index in [0.29, 0.717) is 31.3 Å². The van der Waals surface area contributed by atoms with E-state index in [4.69, 9.17) is 4.74 Å². The molecule has 0 unspecified atom stereocenters. The maximum Gasteiger partial charge on any atom is 0.254 e. The van der Waals surface area contributed by atoms with Crippen molar-refractivity contribution in [1.82, 2.24) is 19.9 Å². The number of carbonyl (C=O) groups excluding carboxylic acids is 1. The van der Waals surface area contributed by atoms with Crippen LogP contribution in [0, 0.1) is 0 Å². The quantitative estimate of drug-likeness (QED) is 0.677. The Kier molecular flexibility index (Phi) is 5.29. The molecule has 1 aliphatic rings. The molecule has 140 valence electrons. The molecule has 0 aliphatic carbocycles. The second-order valence-corrected chi connectivity index (χ2v) is 6.55. The van der Waals surface area contributed by atoms with Crippen LogP contribution in [0.2, 0.25) is 0 Å². The average molecular weight is 365 g/mol. The van der Waals surface area contributed by atoms with E-state index in [1.807, 2.05) is 12.1 Å². The summed E-state index contributed by atoms with van der Waals surface area (Å²) in [6.07, 6.45) is 6.13. The zero-order chi connectivity index (χ0) is 18.5. The highest BCUT2D eigenvalue weighted by Crippen LogP contribution is 2.15. The number of rotatable bonds is 6. The molecule has 7 nitrogen and oxygen atoms in total. The van der Waals surface area contributed by atoms with Crippen molar-refractivity contribution in [1.29, 1.82) is 0 Å². The summed E-state index contributed by atoms with van der Waals surface area (Å²) in [7, 11) is 0. The lowest BCUT2D eigenvalue weighted by Crippen LogP contribution is -2.37. The molecule has 3 aromatic rings. The van der Waals surface area contributed by atoms with Gasteiger partial charge in [0.1, 0.15) is 0 Å². The van der Waals surface area contributed by atoms with Crippen LogP contribution in [0.4, 0.5) is 5.95 Å². The molecule has 27 heavy (non-hydrogen) atoms. The minimum Gasteiger partial charge on any atom is -0.378 e. The first-order valence-electron chi connectivity index (χ1n) is 9.28. The highest BCUT2D eigenvalue weighted by atomic mass is 16.5. The van der Waals surface area contributed by atoms with Crippen molar-refractivity contribution in [2.24, 2.45) is 0 Å². The molecule has 0 saturated carbocycles. The van der Waals surface area contributed by atoms with Crippen LogP contribution in [-0.4, -0.2) is 53.3 Å². The molecular weight excluding hydrogens is 342 g/mol. The molecule has 1 N–H and O–H groups in total. The lowest BCUT2D eigenvalue weighted by Gasteiger charge is -2.26. The first kappa shape index (κ1) is 17.5. The number of hydrogen-bond donors (Lipinski definition) is 1. The predicted molar refractivity (Wildman–Crippen MR) is 104 cm³/mol. The van der Waals surface area contributed by atoms with E-state index in [0.717, 1.165) is 26.1 Å². The van der Waals surface area contributed by atoms with Gasteiger partial charge in [0.05, 0.1) is 18.8 Å². The van der Waals surface area contributed by atoms with Gasteiger partial charge in [-0.2, -0.15) is 0 Å². The summed E-state index contributed by atoms with van der Waals surface area (Å²) in [5.41, 5.74) is 1.70. The van der Waals surface area contributed by atoms with Crippen LogP contribution in [0.5, 0.6) is 0 Å². The zero-order valence-corrected chi connectivity index (χ0v) is 15.2. The second kappa shape index (κ2) is 8.18. The fourth-order valence-electron chi connectivity index (χ4n) is 3.25. The third kappa shape index (κ3) is 4.09. The summed E-state index contributed by atoms with van der Waals surface area (Å²) >= 11 is 0. The van der Waals surface area contributed by atoms with Gasteiger partial charge in [0, 0.05) is 50.3 Å². The number of aromatic nitrogens is 3. The van der Waals surface area contributed by atoms with Gasteiger partial charge in [-0.1, -0.05) is 18.2 Å². The Labute approximate surface area is 158 Å². The van der Waals surface area contributed by atoms with Gasteiger partial charge < -0.3 is 19.5 Å². The number of fused-ring (bicyclic) bond motifs is 1. The maximum absolute atomic E-state index is 12.3. The fraction of sp³-hybridized carbons (Fsp3) is 0.350. The van der Waals surface area contributed by atoms with E-state index in [9.17, 15) is 4.79 Å². The van der Waals surface area contributed by atoms with E-state index in [1.54, 1.807) is 12.4 Å². The molecule has 1 amide bonds. The normalized spacial score (nSPS) is 14.4. The number of benzene rings is 1. The van der Waals surface area contributed by atoms with E-state index in [2.05, 4.69) is 49.1 Å². The SMILES string of the molecule is O=C(NCCCn1ccc2ccccc21)c1cnc(N2CCOCC2)nc1. The van der Waals surface area contributed by atoms with Crippen LogP contribution in [-0.2, 0) is 11.3 Å². The minimum atomic E-state index is -0.138. The van der Waals surface area contributed by atoms with Crippen molar-refractivity contribution < 1.29 is 9.53 Å². The molecule has 0 spiro atoms. The number of para-hydroxylation sites is 1. The predicted octanol–water partition coefficient (Wildman–Crippen LogP) is 2.09. The molecule has 0 atom stereocenters. The number of anilines is 1. The van der Waals surface area contributed by atoms with Crippen molar-refractivity contribution in [2.75, 3.05) is 37.7 Å². The molecular formula is C20H23N5O2. The standard InChI is InChI=1S/C20H23N5O2/c26-19(17-14-22-20(23-15-17)25-10-12-27-13-11-25)21-7-3-8-24-9-6-16-4-1-2-5-18(16)24/h1-2,4-6,9,14-15H,3,7-8,10-13H2,(H,21,26). The molecule has 0 radical (unpaired) electrons. The Hall–Kier alpha value is -2.93. The highest BCUT2D eigenvalue weighted by Gasteiger charge is 2.14. The first-order chi connectivity index (χ1) is 13.3. The second-order valence-electron chi connectivity index (χ2n) is 6.55. The summed E-state index contributed by atoms with van der Waals surface area (Å²) < 4.78 is 7.54. The molecule has 3 heterocycles. The third-order valence-corrected chi connectivity index (χ3v) is 4.74. The molecule has 1 fully saturated rings. The number of morpholine rings is 1. The smallest absolute Gasteiger partial charge is 0.254 e. The van der Waals surface area contributed by atoms with Crippen molar-refractivity contribution >= 4 is 22.8 Å². The Morgan fingerprint density at radius 3 is 2.70 bits per heavy atom. The van der Waals surface area contributed by atoms with E-state index >= 15 is 0 Å². The van der Waals surface area contributed by atoms with Crippen LogP contribution >= 0.6 is 0 Å². The molecule has 0 bridgehead atoms. The maximum atomic E-state index is 12.3. The lowest BCUT2D eigenvalue weighted by atomic mass is 10.2. The van der Waals surface area contributed by atoms with Gasteiger partial charge in [-0.05, 0) is 23.9 Å². The van der Waals surface area contributed by atoms with Crippen molar-refractivity contribution in [3.8, 4) is 0 Å². The largest absolute Gasteiger partial charge is 0.378 e. The lowest BCUT2D eigenvalue weighted by molar-refractivity contribution is 0.0952. The van der Waals surface area contributed by atoms with Crippen LogP contribution in [0.15, 0.2) is 48.9 Å². The van der Waals surface area contributed by atoms with Crippen LogP contribution in [0.25, 0.3) is 10.9 Å². The van der Waals surface area contributed by atoms with Gasteiger partial charge in [-0.15, -0.1) is 0 Å². The average Bonchev–Trinajstić information content (AvgIpc) is 3.15. The Bertz CT molecular complexity index is 900. The van der Waals surface area contributed by atoms with Gasteiger partial charge in [0.25, 0.3) is 5.91 Å². The Morgan fingerprint density at radius 1 is 1.11 bits per heavy atom. The highest BCUT2D eigenvalue weighted by molar-refractivity contribution is 5.93. The fourth-order valence-corrected chi connectivity index (χ4v) is 3.25. The van der Waals surface area contributed by atoms with Gasteiger partial charge >= 0.3 is 0 Å². The molecule has 1 saturated heterocycles. The van der Waals surface area contributed by atoms with Gasteiger partial charge in [-0.25, -0.2) is 9.97 Å². The molecule has 2 aromatic heterocycles. The number of aryl methyl sites for hydroxylation is 1. The summed E-state index contributed by atoms with van der Waals surface area (Å²) in [6, 6.07) is 10.4. The minimum absolute atomic E-state index is 0.138. The first-order valence-corrected chi connectivity index (χ1v) is 9.28. The number of nitrogens with zero attached hydrogens (tertiary/aromatic N) is 4. The van der Waals surface area contributed by atoms with Crippen LogP contribution < -0.4 is 10.2 Å². The molecule has 4 rings (SSSR count). The number of ether oxygens (including phenoxy) is 1. The molecule has 1 aromatic carbocycles. The van der Waals surface area contributed by atoms with Gasteiger partial charge in [0.15, 0.2) is 0 Å². The Morgan fingerprint density at radius 2 is 1.89 bits per heavy atom. The molecule has 1 aliphatic heterocycles. The van der Waals surface area contributed by atoms with E-state index < -0.39 is 0 Å². The Balaban J connectivity index is 1.26. The van der Waals surface area contributed by atoms with Crippen LogP contribution in [0.1, 0.15) is 16.8 Å². The summed E-state index contributed by atoms with van der Waals surface area (Å²) in [5, 5.41) is 4.18. The number of nitrogens with one attached hydrogen (secondary N) is 1. The number of amides is 1. The van der Waals surface area contributed by atoms with Crippen molar-refractivity contribution in [2.45, 2.75) is 13.0 Å². The van der Waals surface area contributed by atoms with Gasteiger partial charge in [0.2, 0.25) is 5.95 Å². The molecule has 7 heteroatoms. The van der Waals surface area contributed by atoms with Crippen molar-refractivity contribution in [3.63, 3.8) is 0 Å². The van der Waals surface area contributed by atoms with Gasteiger partial charge in [-0.3, -0.25) is 4.79 Å². The van der Waals surface area contributed by atoms with E-state index in [1.165, 1.54) is 10.9 Å². The number of carbonyl (C=O) groups is 1. The third-order valence-electron chi connectivity index (χ3n) is 4.74. The zero-order valence-electron chi connectivity index (χ0n) is 15.2. The summed E-state index contributed by atoms with van der Waals surface area (Å²) in [6.45, 7) is 4.39.